The molecule has 3 aromatic heterocycles. The molecule has 0 unspecified atom stereocenters. The molecule has 5 aromatic carbocycles. The lowest BCUT2D eigenvalue weighted by Crippen LogP contribution is -2.17. The predicted molar refractivity (Wildman–Crippen MR) is 186 cm³/mol. The molecule has 4 heteroatoms. The van der Waals surface area contributed by atoms with Crippen LogP contribution in [-0.2, 0) is 5.41 Å². The van der Waals surface area contributed by atoms with E-state index in [1.807, 2.05) is 24.4 Å². The molecule has 3 heterocycles. The maximum Gasteiger partial charge on any atom is 0.160 e. The van der Waals surface area contributed by atoms with E-state index in [1.54, 1.807) is 6.20 Å². The number of hydrogen-bond acceptors (Lipinski definition) is 4. The minimum atomic E-state index is -0.261. The second-order valence-corrected chi connectivity index (χ2v) is 12.5. The maximum absolute atomic E-state index is 6.39. The monoisotopic (exact) mass is 591 g/mol. The largest absolute Gasteiger partial charge is 0.455 e. The molecule has 8 aromatic rings. The van der Waals surface area contributed by atoms with Gasteiger partial charge in [-0.2, -0.15) is 0 Å². The van der Waals surface area contributed by atoms with Gasteiger partial charge >= 0.3 is 0 Å². The zero-order valence-electron chi connectivity index (χ0n) is 25.5. The molecule has 218 valence electrons. The van der Waals surface area contributed by atoms with Crippen LogP contribution in [0.2, 0.25) is 0 Å². The van der Waals surface area contributed by atoms with Crippen molar-refractivity contribution in [1.82, 2.24) is 15.0 Å². The fourth-order valence-electron chi connectivity index (χ4n) is 7.13. The van der Waals surface area contributed by atoms with E-state index in [4.69, 9.17) is 14.4 Å². The molecular formula is C42H29N3O. The lowest BCUT2D eigenvalue weighted by atomic mass is 9.80. The number of aromatic nitrogens is 3. The second-order valence-electron chi connectivity index (χ2n) is 12.5. The zero-order chi connectivity index (χ0) is 30.8. The van der Waals surface area contributed by atoms with E-state index in [-0.39, 0.29) is 5.41 Å². The van der Waals surface area contributed by atoms with Crippen LogP contribution in [-0.4, -0.2) is 15.0 Å². The molecule has 1 aliphatic carbocycles. The molecule has 0 amide bonds. The Bertz CT molecular complexity index is 2460. The van der Waals surface area contributed by atoms with E-state index >= 15 is 0 Å². The Hall–Kier alpha value is -5.87. The Morgan fingerprint density at radius 3 is 2.11 bits per heavy atom. The molecule has 9 rings (SSSR count). The number of pyridine rings is 1. The highest BCUT2D eigenvalue weighted by Gasteiger charge is 2.40. The lowest BCUT2D eigenvalue weighted by molar-refractivity contribution is 0.658. The topological polar surface area (TPSA) is 51.8 Å². The maximum atomic E-state index is 6.39. The summed E-state index contributed by atoms with van der Waals surface area (Å²) in [6.45, 7) is 4.56. The highest BCUT2D eigenvalue weighted by Crippen LogP contribution is 2.51. The van der Waals surface area contributed by atoms with Gasteiger partial charge in [0.25, 0.3) is 0 Å². The third-order valence-electron chi connectivity index (χ3n) is 9.36. The molecule has 0 fully saturated rings. The zero-order valence-corrected chi connectivity index (χ0v) is 25.5. The molecule has 0 saturated heterocycles. The van der Waals surface area contributed by atoms with Crippen LogP contribution in [0.5, 0.6) is 0 Å². The molecule has 46 heavy (non-hydrogen) atoms. The van der Waals surface area contributed by atoms with Crippen molar-refractivity contribution in [3.05, 3.63) is 151 Å². The van der Waals surface area contributed by atoms with Gasteiger partial charge in [0.15, 0.2) is 5.82 Å². The smallest absolute Gasteiger partial charge is 0.160 e. The average Bonchev–Trinajstić information content (AvgIpc) is 3.61. The first-order valence-corrected chi connectivity index (χ1v) is 15.6. The van der Waals surface area contributed by atoms with E-state index in [2.05, 4.69) is 128 Å². The standard InChI is InChI=1S/C42H29N3O/c1-42(2)35-20-5-3-17-34(35)39-37(42)38(28-13-7-11-26(23-28)30-15-10-22-43-25-30)44-41(45-39)29-14-8-12-27(24-29)31-18-9-19-33-32-16-4-6-21-36(32)46-40(31)33/h3-25H,1-2H3. The molecule has 0 bridgehead atoms. The first kappa shape index (κ1) is 26.5. The number of hydrogen-bond donors (Lipinski definition) is 0. The summed E-state index contributed by atoms with van der Waals surface area (Å²) in [5.74, 6) is 0.701. The van der Waals surface area contributed by atoms with E-state index < -0.39 is 0 Å². The second kappa shape index (κ2) is 10.1. The number of fused-ring (bicyclic) bond motifs is 6. The summed E-state index contributed by atoms with van der Waals surface area (Å²) in [5.41, 5.74) is 13.4. The Morgan fingerprint density at radius 1 is 0.543 bits per heavy atom. The van der Waals surface area contributed by atoms with Gasteiger partial charge in [0.2, 0.25) is 0 Å². The van der Waals surface area contributed by atoms with Gasteiger partial charge in [0.1, 0.15) is 11.2 Å². The number of rotatable bonds is 4. The molecular weight excluding hydrogens is 562 g/mol. The van der Waals surface area contributed by atoms with E-state index in [1.165, 1.54) is 11.1 Å². The summed E-state index contributed by atoms with van der Waals surface area (Å²) in [6, 6.07) is 44.4. The van der Waals surface area contributed by atoms with Crippen molar-refractivity contribution < 1.29 is 4.42 Å². The van der Waals surface area contributed by atoms with Crippen molar-refractivity contribution in [1.29, 1.82) is 0 Å². The fraction of sp³-hybridized carbons (Fsp3) is 0.0714. The van der Waals surface area contributed by atoms with Gasteiger partial charge in [-0.05, 0) is 41.0 Å². The van der Waals surface area contributed by atoms with Gasteiger partial charge in [-0.3, -0.25) is 4.98 Å². The van der Waals surface area contributed by atoms with E-state index in [0.717, 1.165) is 72.3 Å². The number of furan rings is 1. The Labute approximate surface area is 267 Å². The first-order chi connectivity index (χ1) is 22.6. The SMILES string of the molecule is CC1(C)c2ccccc2-c2nc(-c3cccc(-c4cccc5c4oc4ccccc45)c3)nc(-c3cccc(-c4cccnc4)c3)c21. The predicted octanol–water partition coefficient (Wildman–Crippen LogP) is 10.7. The summed E-state index contributed by atoms with van der Waals surface area (Å²) in [7, 11) is 0. The highest BCUT2D eigenvalue weighted by molar-refractivity contribution is 6.09. The van der Waals surface area contributed by atoms with Crippen LogP contribution in [0.4, 0.5) is 0 Å². The first-order valence-electron chi connectivity index (χ1n) is 15.6. The number of benzene rings is 5. The van der Waals surface area contributed by atoms with Crippen LogP contribution in [0, 0.1) is 0 Å². The molecule has 0 saturated carbocycles. The molecule has 0 aliphatic heterocycles. The van der Waals surface area contributed by atoms with Gasteiger partial charge in [-0.25, -0.2) is 9.97 Å². The van der Waals surface area contributed by atoms with Gasteiger partial charge in [-0.1, -0.05) is 117 Å². The van der Waals surface area contributed by atoms with E-state index in [0.29, 0.717) is 5.82 Å². The molecule has 4 nitrogen and oxygen atoms in total. The Balaban J connectivity index is 1.26. The molecule has 0 N–H and O–H groups in total. The van der Waals surface area contributed by atoms with Gasteiger partial charge < -0.3 is 4.42 Å². The minimum absolute atomic E-state index is 0.261. The van der Waals surface area contributed by atoms with Crippen molar-refractivity contribution in [3.8, 4) is 56.2 Å². The van der Waals surface area contributed by atoms with Gasteiger partial charge in [-0.15, -0.1) is 0 Å². The van der Waals surface area contributed by atoms with Crippen LogP contribution in [0.1, 0.15) is 25.0 Å². The van der Waals surface area contributed by atoms with Crippen LogP contribution in [0.3, 0.4) is 0 Å². The van der Waals surface area contributed by atoms with Crippen LogP contribution in [0.15, 0.2) is 144 Å². The van der Waals surface area contributed by atoms with Crippen molar-refractivity contribution in [2.45, 2.75) is 19.3 Å². The van der Waals surface area contributed by atoms with Crippen molar-refractivity contribution in [2.24, 2.45) is 0 Å². The third-order valence-corrected chi connectivity index (χ3v) is 9.36. The van der Waals surface area contributed by atoms with Gasteiger partial charge in [0, 0.05) is 62.0 Å². The van der Waals surface area contributed by atoms with Gasteiger partial charge in [0.05, 0.1) is 11.4 Å². The average molecular weight is 592 g/mol. The van der Waals surface area contributed by atoms with Crippen LogP contribution >= 0.6 is 0 Å². The summed E-state index contributed by atoms with van der Waals surface area (Å²) < 4.78 is 6.39. The van der Waals surface area contributed by atoms with E-state index in [9.17, 15) is 0 Å². The Kier molecular flexibility index (Phi) is 5.81. The Morgan fingerprint density at radius 2 is 1.22 bits per heavy atom. The van der Waals surface area contributed by atoms with Crippen LogP contribution in [0.25, 0.3) is 78.1 Å². The summed E-state index contributed by atoms with van der Waals surface area (Å²) >= 11 is 0. The molecule has 0 radical (unpaired) electrons. The minimum Gasteiger partial charge on any atom is -0.455 e. The third kappa shape index (κ3) is 4.04. The lowest BCUT2D eigenvalue weighted by Gasteiger charge is -2.24. The fourth-order valence-corrected chi connectivity index (χ4v) is 7.13. The number of nitrogens with zero attached hydrogens (tertiary/aromatic N) is 3. The molecule has 1 aliphatic rings. The van der Waals surface area contributed by atoms with Crippen LogP contribution < -0.4 is 0 Å². The van der Waals surface area contributed by atoms with Crippen molar-refractivity contribution in [3.63, 3.8) is 0 Å². The highest BCUT2D eigenvalue weighted by atomic mass is 16.3. The molecule has 0 spiro atoms. The number of para-hydroxylation sites is 2. The summed E-state index contributed by atoms with van der Waals surface area (Å²) in [4.78, 5) is 15.1. The van der Waals surface area contributed by atoms with Crippen molar-refractivity contribution >= 4 is 21.9 Å². The normalized spacial score (nSPS) is 13.2. The quantitative estimate of drug-likeness (QED) is 0.204. The summed E-state index contributed by atoms with van der Waals surface area (Å²) in [6.07, 6.45) is 3.71. The molecule has 0 atom stereocenters. The summed E-state index contributed by atoms with van der Waals surface area (Å²) in [5, 5.41) is 2.24. The van der Waals surface area contributed by atoms with Crippen molar-refractivity contribution in [2.75, 3.05) is 0 Å².